The summed E-state index contributed by atoms with van der Waals surface area (Å²) in [4.78, 5) is 15.6. The molecule has 0 amide bonds. The zero-order chi connectivity index (χ0) is 18.9. The minimum Gasteiger partial charge on any atom is -0.477 e. The molecule has 146 valence electrons. The molecule has 1 aliphatic heterocycles. The van der Waals surface area contributed by atoms with Crippen LogP contribution in [0.25, 0.3) is 0 Å². The zero-order valence-corrected chi connectivity index (χ0v) is 18.3. The highest BCUT2D eigenvalue weighted by Crippen LogP contribution is 2.34. The Kier molecular flexibility index (Phi) is 9.09. The number of hydrogen-bond donors (Lipinski definition) is 2. The van der Waals surface area contributed by atoms with E-state index in [1.54, 1.807) is 11.8 Å². The van der Waals surface area contributed by atoms with Crippen LogP contribution in [0.5, 0.6) is 0 Å². The van der Waals surface area contributed by atoms with Crippen LogP contribution in [0, 0.1) is 10.4 Å². The topological polar surface area (TPSA) is 102 Å². The standard InChI is InChI=1S/C16H27IN6O2S/c1-3-5-8-25-15-13(21-18)14(19-11-6-7-12(10-11)22-24)20-16(23(15)17)26-9-4-2/h11-12,16,18H,3-10H2,1-2H3,(H,19,20)/t11-,12+,16?/m0/s1. The lowest BCUT2D eigenvalue weighted by molar-refractivity contribution is 0.153. The van der Waals surface area contributed by atoms with Gasteiger partial charge in [0.15, 0.2) is 17.0 Å². The Hall–Kier alpha value is -0.910. The predicted molar refractivity (Wildman–Crippen MR) is 113 cm³/mol. The Labute approximate surface area is 173 Å². The smallest absolute Gasteiger partial charge is 0.233 e. The van der Waals surface area contributed by atoms with Crippen LogP contribution < -0.4 is 5.32 Å². The van der Waals surface area contributed by atoms with Crippen LogP contribution in [0.4, 0.5) is 0 Å². The van der Waals surface area contributed by atoms with Gasteiger partial charge in [0, 0.05) is 6.04 Å². The van der Waals surface area contributed by atoms with Crippen molar-refractivity contribution in [2.75, 3.05) is 12.4 Å². The number of thioether (sulfide) groups is 1. The molecule has 0 aromatic carbocycles. The lowest BCUT2D eigenvalue weighted by Crippen LogP contribution is -2.41. The van der Waals surface area contributed by atoms with E-state index < -0.39 is 0 Å². The third-order valence-electron chi connectivity index (χ3n) is 4.27. The molecule has 0 spiro atoms. The monoisotopic (exact) mass is 494 g/mol. The van der Waals surface area contributed by atoms with Gasteiger partial charge in [0.2, 0.25) is 5.88 Å². The zero-order valence-electron chi connectivity index (χ0n) is 15.3. The summed E-state index contributed by atoms with van der Waals surface area (Å²) in [5.74, 6) is 2.16. The number of nitrogens with zero attached hydrogens (tertiary/aromatic N) is 4. The SMILES string of the molecule is CCCCOC1=C(N=N)C(N[C@H]2CC[C@@H](N=O)C2)=NC(SCCC)N1I. The maximum absolute atomic E-state index is 10.8. The molecule has 10 heteroatoms. The number of amidine groups is 1. The normalized spacial score (nSPS) is 25.9. The van der Waals surface area contributed by atoms with Crippen LogP contribution in [-0.4, -0.2) is 38.9 Å². The van der Waals surface area contributed by atoms with Gasteiger partial charge in [-0.1, -0.05) is 25.4 Å². The molecule has 2 aliphatic rings. The molecule has 1 heterocycles. The highest BCUT2D eigenvalue weighted by atomic mass is 127. The minimum absolute atomic E-state index is 0.124. The van der Waals surface area contributed by atoms with Gasteiger partial charge >= 0.3 is 0 Å². The molecular formula is C16H27IN6O2S. The highest BCUT2D eigenvalue weighted by molar-refractivity contribution is 14.1. The number of halogens is 1. The first-order valence-electron chi connectivity index (χ1n) is 9.12. The first-order chi connectivity index (χ1) is 12.6. The Bertz CT molecular complexity index is 559. The number of nitrogens with one attached hydrogen (secondary N) is 2. The maximum Gasteiger partial charge on any atom is 0.233 e. The lowest BCUT2D eigenvalue weighted by Gasteiger charge is -2.32. The van der Waals surface area contributed by atoms with Gasteiger partial charge < -0.3 is 10.1 Å². The fourth-order valence-electron chi connectivity index (χ4n) is 2.88. The number of aliphatic imine (C=N–C) groups is 1. The van der Waals surface area contributed by atoms with Crippen LogP contribution in [0.2, 0.25) is 0 Å². The molecule has 0 aromatic heterocycles. The summed E-state index contributed by atoms with van der Waals surface area (Å²) >= 11 is 3.92. The molecule has 0 bridgehead atoms. The quantitative estimate of drug-likeness (QED) is 0.150. The molecule has 26 heavy (non-hydrogen) atoms. The van der Waals surface area contributed by atoms with Crippen LogP contribution in [0.1, 0.15) is 52.4 Å². The van der Waals surface area contributed by atoms with Crippen molar-refractivity contribution in [3.8, 4) is 0 Å². The van der Waals surface area contributed by atoms with Crippen LogP contribution in [-0.2, 0) is 4.74 Å². The van der Waals surface area contributed by atoms with E-state index in [0.717, 1.165) is 37.9 Å². The Balaban J connectivity index is 2.20. The van der Waals surface area contributed by atoms with Crippen molar-refractivity contribution >= 4 is 40.5 Å². The van der Waals surface area contributed by atoms with E-state index in [2.05, 4.69) is 52.3 Å². The van der Waals surface area contributed by atoms with Crippen molar-refractivity contribution in [2.45, 2.75) is 70.0 Å². The van der Waals surface area contributed by atoms with Crippen molar-refractivity contribution in [2.24, 2.45) is 15.3 Å². The summed E-state index contributed by atoms with van der Waals surface area (Å²) in [6.07, 6.45) is 5.40. The first-order valence-corrected chi connectivity index (χ1v) is 11.1. The van der Waals surface area contributed by atoms with E-state index in [9.17, 15) is 4.91 Å². The van der Waals surface area contributed by atoms with E-state index in [1.807, 2.05) is 3.11 Å². The second-order valence-electron chi connectivity index (χ2n) is 6.37. The van der Waals surface area contributed by atoms with Gasteiger partial charge in [-0.3, -0.25) is 0 Å². The average molecular weight is 494 g/mol. The number of unbranched alkanes of at least 4 members (excludes halogenated alkanes) is 1. The Morgan fingerprint density at radius 2 is 2.23 bits per heavy atom. The van der Waals surface area contributed by atoms with E-state index in [-0.39, 0.29) is 17.6 Å². The third-order valence-corrected chi connectivity index (χ3v) is 6.87. The van der Waals surface area contributed by atoms with Crippen molar-refractivity contribution in [1.82, 2.24) is 8.43 Å². The van der Waals surface area contributed by atoms with Crippen LogP contribution in [0.3, 0.4) is 0 Å². The summed E-state index contributed by atoms with van der Waals surface area (Å²) in [6.45, 7) is 4.84. The Morgan fingerprint density at radius 1 is 1.42 bits per heavy atom. The van der Waals surface area contributed by atoms with E-state index >= 15 is 0 Å². The number of hydrogen-bond acceptors (Lipinski definition) is 9. The van der Waals surface area contributed by atoms with Gasteiger partial charge in [0.25, 0.3) is 0 Å². The summed E-state index contributed by atoms with van der Waals surface area (Å²) in [6, 6.07) is -0.00801. The lowest BCUT2D eigenvalue weighted by atomic mass is 10.2. The van der Waals surface area contributed by atoms with E-state index in [0.29, 0.717) is 30.4 Å². The van der Waals surface area contributed by atoms with Crippen molar-refractivity contribution in [1.29, 1.82) is 5.53 Å². The van der Waals surface area contributed by atoms with Crippen LogP contribution in [0.15, 0.2) is 26.9 Å². The molecule has 2 rings (SSSR count). The predicted octanol–water partition coefficient (Wildman–Crippen LogP) is 4.77. The summed E-state index contributed by atoms with van der Waals surface area (Å²) in [5, 5.41) is 10.3. The number of ether oxygens (including phenoxy) is 1. The molecule has 0 aromatic rings. The summed E-state index contributed by atoms with van der Waals surface area (Å²) in [7, 11) is 0. The molecule has 3 atom stereocenters. The van der Waals surface area contributed by atoms with Gasteiger partial charge in [0.05, 0.1) is 35.5 Å². The Morgan fingerprint density at radius 3 is 2.85 bits per heavy atom. The fraction of sp³-hybridized carbons (Fsp3) is 0.812. The molecular weight excluding hydrogens is 467 g/mol. The molecule has 1 fully saturated rings. The molecule has 0 saturated heterocycles. The molecule has 1 saturated carbocycles. The second kappa shape index (κ2) is 11.1. The third kappa shape index (κ3) is 5.54. The van der Waals surface area contributed by atoms with E-state index in [1.165, 1.54) is 0 Å². The van der Waals surface area contributed by atoms with Crippen LogP contribution >= 0.6 is 34.6 Å². The summed E-state index contributed by atoms with van der Waals surface area (Å²) in [5.41, 5.74) is 7.94. The second-order valence-corrected chi connectivity index (χ2v) is 8.57. The average Bonchev–Trinajstić information content (AvgIpc) is 3.10. The number of rotatable bonds is 10. The maximum atomic E-state index is 10.8. The fourth-order valence-corrected chi connectivity index (χ4v) is 4.71. The molecule has 0 radical (unpaired) electrons. The van der Waals surface area contributed by atoms with Gasteiger partial charge in [-0.2, -0.15) is 4.91 Å². The van der Waals surface area contributed by atoms with Crippen molar-refractivity contribution < 1.29 is 4.74 Å². The van der Waals surface area contributed by atoms with Gasteiger partial charge in [-0.25, -0.2) is 13.6 Å². The number of nitroso groups, excluding NO2 is 1. The molecule has 1 unspecified atom stereocenters. The first kappa shape index (κ1) is 21.4. The molecule has 1 aliphatic carbocycles. The van der Waals surface area contributed by atoms with Gasteiger partial charge in [0.1, 0.15) is 0 Å². The molecule has 2 N–H and O–H groups in total. The largest absolute Gasteiger partial charge is 0.477 e. The summed E-state index contributed by atoms with van der Waals surface area (Å²) < 4.78 is 7.90. The minimum atomic E-state index is -0.135. The van der Waals surface area contributed by atoms with Gasteiger partial charge in [-0.15, -0.1) is 16.9 Å². The molecule has 8 nitrogen and oxygen atoms in total. The highest BCUT2D eigenvalue weighted by Gasteiger charge is 2.34. The van der Waals surface area contributed by atoms with Crippen molar-refractivity contribution in [3.63, 3.8) is 0 Å². The van der Waals surface area contributed by atoms with Crippen molar-refractivity contribution in [3.05, 3.63) is 16.5 Å². The van der Waals surface area contributed by atoms with E-state index in [4.69, 9.17) is 15.3 Å². The van der Waals surface area contributed by atoms with Gasteiger partial charge in [-0.05, 0) is 37.9 Å².